The van der Waals surface area contributed by atoms with E-state index < -0.39 is 0 Å². The van der Waals surface area contributed by atoms with Gasteiger partial charge < -0.3 is 15.0 Å². The standard InChI is InChI=1S/C15H24N4O2/c1-18-8-6-11(7-9-18)21-10-14(20)16-15-12-4-3-5-13(12)17-19(15)2/h11H,3-10H2,1-2H3,(H,16,20). The minimum Gasteiger partial charge on any atom is -0.368 e. The van der Waals surface area contributed by atoms with E-state index in [-0.39, 0.29) is 18.6 Å². The number of carbonyl (C=O) groups is 1. The lowest BCUT2D eigenvalue weighted by atomic mass is 10.1. The normalized spacial score (nSPS) is 19.7. The largest absolute Gasteiger partial charge is 0.368 e. The third-order valence-electron chi connectivity index (χ3n) is 4.44. The molecule has 1 aliphatic heterocycles. The molecule has 0 bridgehead atoms. The van der Waals surface area contributed by atoms with Gasteiger partial charge in [-0.15, -0.1) is 0 Å². The Hall–Kier alpha value is -1.40. The molecule has 0 atom stereocenters. The van der Waals surface area contributed by atoms with Gasteiger partial charge in [0.2, 0.25) is 0 Å². The Morgan fingerprint density at radius 1 is 1.33 bits per heavy atom. The van der Waals surface area contributed by atoms with E-state index in [4.69, 9.17) is 4.74 Å². The molecule has 1 fully saturated rings. The molecule has 0 unspecified atom stereocenters. The first-order chi connectivity index (χ1) is 10.1. The van der Waals surface area contributed by atoms with E-state index >= 15 is 0 Å². The van der Waals surface area contributed by atoms with Crippen LogP contribution < -0.4 is 5.32 Å². The lowest BCUT2D eigenvalue weighted by Gasteiger charge is -2.28. The maximum Gasteiger partial charge on any atom is 0.251 e. The van der Waals surface area contributed by atoms with Crippen molar-refractivity contribution in [1.82, 2.24) is 14.7 Å². The predicted octanol–water partition coefficient (Wildman–Crippen LogP) is 0.958. The summed E-state index contributed by atoms with van der Waals surface area (Å²) in [6.45, 7) is 2.22. The van der Waals surface area contributed by atoms with Gasteiger partial charge in [-0.3, -0.25) is 9.48 Å². The first-order valence-electron chi connectivity index (χ1n) is 7.78. The van der Waals surface area contributed by atoms with Crippen LogP contribution in [-0.4, -0.2) is 53.4 Å². The van der Waals surface area contributed by atoms with Crippen LogP contribution in [0.3, 0.4) is 0 Å². The maximum absolute atomic E-state index is 12.1. The molecular weight excluding hydrogens is 268 g/mol. The molecule has 0 aromatic carbocycles. The fraction of sp³-hybridized carbons (Fsp3) is 0.733. The Kier molecular flexibility index (Phi) is 4.26. The Balaban J connectivity index is 1.51. The van der Waals surface area contributed by atoms with E-state index in [9.17, 15) is 4.79 Å². The summed E-state index contributed by atoms with van der Waals surface area (Å²) in [4.78, 5) is 14.4. The van der Waals surface area contributed by atoms with E-state index in [1.807, 2.05) is 7.05 Å². The van der Waals surface area contributed by atoms with Crippen molar-refractivity contribution >= 4 is 11.7 Å². The molecule has 116 valence electrons. The number of ether oxygens (including phenoxy) is 1. The zero-order valence-corrected chi connectivity index (χ0v) is 12.9. The summed E-state index contributed by atoms with van der Waals surface area (Å²) in [6, 6.07) is 0. The molecule has 1 aliphatic carbocycles. The average Bonchev–Trinajstić information content (AvgIpc) is 3.01. The van der Waals surface area contributed by atoms with Gasteiger partial charge in [0, 0.05) is 25.7 Å². The monoisotopic (exact) mass is 292 g/mol. The molecule has 6 nitrogen and oxygen atoms in total. The van der Waals surface area contributed by atoms with Crippen molar-refractivity contribution < 1.29 is 9.53 Å². The number of hydrogen-bond acceptors (Lipinski definition) is 4. The van der Waals surface area contributed by atoms with Crippen molar-refractivity contribution in [2.75, 3.05) is 32.1 Å². The number of piperidine rings is 1. The van der Waals surface area contributed by atoms with Crippen LogP contribution in [0.1, 0.15) is 30.5 Å². The number of amides is 1. The van der Waals surface area contributed by atoms with E-state index in [0.717, 1.165) is 56.7 Å². The highest BCUT2D eigenvalue weighted by molar-refractivity contribution is 5.91. The first kappa shape index (κ1) is 14.5. The second kappa shape index (κ2) is 6.15. The number of nitrogens with zero attached hydrogens (tertiary/aromatic N) is 3. The van der Waals surface area contributed by atoms with Crippen LogP contribution in [-0.2, 0) is 29.4 Å². The third kappa shape index (κ3) is 3.27. The van der Waals surface area contributed by atoms with E-state index in [1.165, 1.54) is 5.56 Å². The molecule has 1 N–H and O–H groups in total. The Morgan fingerprint density at radius 3 is 2.86 bits per heavy atom. The predicted molar refractivity (Wildman–Crippen MR) is 80.3 cm³/mol. The van der Waals surface area contributed by atoms with E-state index in [2.05, 4.69) is 22.4 Å². The minimum atomic E-state index is -0.0772. The summed E-state index contributed by atoms with van der Waals surface area (Å²) in [6.07, 6.45) is 5.38. The van der Waals surface area contributed by atoms with Gasteiger partial charge in [0.05, 0.1) is 11.8 Å². The summed E-state index contributed by atoms with van der Waals surface area (Å²) < 4.78 is 7.51. The number of anilines is 1. The summed E-state index contributed by atoms with van der Waals surface area (Å²) in [7, 11) is 4.00. The van der Waals surface area contributed by atoms with Crippen LogP contribution in [0.4, 0.5) is 5.82 Å². The number of fused-ring (bicyclic) bond motifs is 1. The second-order valence-electron chi connectivity index (χ2n) is 6.11. The number of nitrogens with one attached hydrogen (secondary N) is 1. The fourth-order valence-corrected chi connectivity index (χ4v) is 3.19. The number of hydrogen-bond donors (Lipinski definition) is 1. The van der Waals surface area contributed by atoms with Crippen molar-refractivity contribution in [2.24, 2.45) is 7.05 Å². The number of rotatable bonds is 4. The van der Waals surface area contributed by atoms with Crippen LogP contribution in [0.5, 0.6) is 0 Å². The van der Waals surface area contributed by atoms with Gasteiger partial charge >= 0.3 is 0 Å². The minimum absolute atomic E-state index is 0.0772. The SMILES string of the molecule is CN1CCC(OCC(=O)Nc2c3c(nn2C)CCC3)CC1. The summed E-state index contributed by atoms with van der Waals surface area (Å²) in [5, 5.41) is 7.42. The topological polar surface area (TPSA) is 59.4 Å². The molecule has 1 aromatic heterocycles. The number of carbonyl (C=O) groups excluding carboxylic acids is 1. The molecule has 21 heavy (non-hydrogen) atoms. The van der Waals surface area contributed by atoms with Crippen LogP contribution >= 0.6 is 0 Å². The molecular formula is C15H24N4O2. The lowest BCUT2D eigenvalue weighted by molar-refractivity contribution is -0.123. The number of likely N-dealkylation sites (tertiary alicyclic amines) is 1. The van der Waals surface area contributed by atoms with Crippen molar-refractivity contribution in [3.05, 3.63) is 11.3 Å². The molecule has 2 heterocycles. The quantitative estimate of drug-likeness (QED) is 0.898. The van der Waals surface area contributed by atoms with Gasteiger partial charge in [-0.05, 0) is 39.2 Å². The van der Waals surface area contributed by atoms with Crippen LogP contribution in [0, 0.1) is 0 Å². The highest BCUT2D eigenvalue weighted by atomic mass is 16.5. The van der Waals surface area contributed by atoms with Gasteiger partial charge in [0.25, 0.3) is 5.91 Å². The molecule has 1 aromatic rings. The van der Waals surface area contributed by atoms with E-state index in [0.29, 0.717) is 0 Å². The van der Waals surface area contributed by atoms with Gasteiger partial charge in [-0.25, -0.2) is 0 Å². The molecule has 6 heteroatoms. The van der Waals surface area contributed by atoms with Crippen LogP contribution in [0.25, 0.3) is 0 Å². The maximum atomic E-state index is 12.1. The summed E-state index contributed by atoms with van der Waals surface area (Å²) in [5.74, 6) is 0.770. The molecule has 0 radical (unpaired) electrons. The van der Waals surface area contributed by atoms with Crippen molar-refractivity contribution in [3.63, 3.8) is 0 Å². The fourth-order valence-electron chi connectivity index (χ4n) is 3.19. The van der Waals surface area contributed by atoms with Gasteiger partial charge in [-0.2, -0.15) is 5.10 Å². The Labute approximate surface area is 125 Å². The van der Waals surface area contributed by atoms with Crippen LogP contribution in [0.15, 0.2) is 0 Å². The number of aromatic nitrogens is 2. The second-order valence-corrected chi connectivity index (χ2v) is 6.11. The molecule has 1 amide bonds. The van der Waals surface area contributed by atoms with Gasteiger partial charge in [-0.1, -0.05) is 0 Å². The first-order valence-corrected chi connectivity index (χ1v) is 7.78. The number of aryl methyl sites for hydroxylation is 2. The molecule has 0 saturated carbocycles. The van der Waals surface area contributed by atoms with Gasteiger partial charge in [0.1, 0.15) is 12.4 Å². The van der Waals surface area contributed by atoms with Crippen molar-refractivity contribution in [1.29, 1.82) is 0 Å². The molecule has 2 aliphatic rings. The average molecular weight is 292 g/mol. The Morgan fingerprint density at radius 2 is 2.10 bits per heavy atom. The molecule has 3 rings (SSSR count). The lowest BCUT2D eigenvalue weighted by Crippen LogP contribution is -2.35. The summed E-state index contributed by atoms with van der Waals surface area (Å²) >= 11 is 0. The highest BCUT2D eigenvalue weighted by Gasteiger charge is 2.23. The van der Waals surface area contributed by atoms with Crippen molar-refractivity contribution in [2.45, 2.75) is 38.2 Å². The summed E-state index contributed by atoms with van der Waals surface area (Å²) in [5.41, 5.74) is 2.33. The Bertz CT molecular complexity index is 518. The third-order valence-corrected chi connectivity index (χ3v) is 4.44. The molecule has 0 spiro atoms. The smallest absolute Gasteiger partial charge is 0.251 e. The zero-order chi connectivity index (χ0) is 14.8. The van der Waals surface area contributed by atoms with Crippen molar-refractivity contribution in [3.8, 4) is 0 Å². The molecule has 1 saturated heterocycles. The van der Waals surface area contributed by atoms with Gasteiger partial charge in [0.15, 0.2) is 0 Å². The zero-order valence-electron chi connectivity index (χ0n) is 12.9. The van der Waals surface area contributed by atoms with E-state index in [1.54, 1.807) is 4.68 Å². The highest BCUT2D eigenvalue weighted by Crippen LogP contribution is 2.27. The van der Waals surface area contributed by atoms with Crippen LogP contribution in [0.2, 0.25) is 0 Å².